The molecule has 2 rings (SSSR count). The summed E-state index contributed by atoms with van der Waals surface area (Å²) < 4.78 is 1.05. The second-order valence-electron chi connectivity index (χ2n) is 6.36. The van der Waals surface area contributed by atoms with E-state index in [1.165, 1.54) is 25.9 Å². The van der Waals surface area contributed by atoms with Crippen molar-refractivity contribution >= 4 is 15.9 Å². The van der Waals surface area contributed by atoms with Crippen molar-refractivity contribution in [1.29, 1.82) is 0 Å². The zero-order valence-corrected chi connectivity index (χ0v) is 14.7. The normalized spacial score (nSPS) is 19.1. The smallest absolute Gasteiger partial charge is 0.0802 e. The van der Waals surface area contributed by atoms with E-state index in [4.69, 9.17) is 0 Å². The molecule has 1 aliphatic heterocycles. The van der Waals surface area contributed by atoms with Gasteiger partial charge in [0.05, 0.1) is 6.10 Å². The van der Waals surface area contributed by atoms with Crippen LogP contribution in [0.15, 0.2) is 28.7 Å². The molecule has 1 N–H and O–H groups in total. The van der Waals surface area contributed by atoms with Crippen LogP contribution in [0.2, 0.25) is 0 Å². The highest BCUT2D eigenvalue weighted by Gasteiger charge is 2.18. The number of nitrogens with zero attached hydrogens (tertiary/aromatic N) is 2. The van der Waals surface area contributed by atoms with E-state index in [1.807, 2.05) is 24.3 Å². The molecular weight excluding hydrogens is 328 g/mol. The maximum atomic E-state index is 10.3. The summed E-state index contributed by atoms with van der Waals surface area (Å²) in [5.41, 5.74) is 1.01. The van der Waals surface area contributed by atoms with Gasteiger partial charge in [-0.1, -0.05) is 28.1 Å². The number of halogens is 1. The predicted octanol–water partition coefficient (Wildman–Crippen LogP) is 3.15. The van der Waals surface area contributed by atoms with Crippen molar-refractivity contribution in [1.82, 2.24) is 9.80 Å². The Morgan fingerprint density at radius 1 is 1.29 bits per heavy atom. The quantitative estimate of drug-likeness (QED) is 0.849. The highest BCUT2D eigenvalue weighted by Crippen LogP contribution is 2.21. The molecule has 1 fully saturated rings. The average molecular weight is 355 g/mol. The summed E-state index contributed by atoms with van der Waals surface area (Å²) in [5.74, 6) is 0.816. The van der Waals surface area contributed by atoms with Gasteiger partial charge in [-0.25, -0.2) is 0 Å². The average Bonchev–Trinajstić information content (AvgIpc) is 2.48. The van der Waals surface area contributed by atoms with E-state index in [2.05, 4.69) is 39.8 Å². The maximum Gasteiger partial charge on any atom is 0.0802 e. The van der Waals surface area contributed by atoms with Crippen LogP contribution in [0.25, 0.3) is 0 Å². The van der Waals surface area contributed by atoms with Gasteiger partial charge in [0.2, 0.25) is 0 Å². The zero-order valence-electron chi connectivity index (χ0n) is 13.1. The van der Waals surface area contributed by atoms with Crippen LogP contribution in [0.1, 0.15) is 30.9 Å². The Morgan fingerprint density at radius 2 is 1.90 bits per heavy atom. The molecule has 3 nitrogen and oxygen atoms in total. The number of likely N-dealkylation sites (tertiary alicyclic amines) is 1. The topological polar surface area (TPSA) is 26.7 Å². The summed E-state index contributed by atoms with van der Waals surface area (Å²) in [7, 11) is 4.38. The molecule has 118 valence electrons. The Balaban J connectivity index is 1.70. The maximum absolute atomic E-state index is 10.3. The molecule has 1 aliphatic rings. The molecular formula is C17H27BrN2O. The summed E-state index contributed by atoms with van der Waals surface area (Å²) in [5, 5.41) is 10.3. The number of benzene rings is 1. The van der Waals surface area contributed by atoms with Crippen LogP contribution >= 0.6 is 15.9 Å². The van der Waals surface area contributed by atoms with Crippen LogP contribution in [0.4, 0.5) is 0 Å². The third-order valence-corrected chi connectivity index (χ3v) is 4.98. The Morgan fingerprint density at radius 3 is 2.52 bits per heavy atom. The minimum absolute atomic E-state index is 0.363. The van der Waals surface area contributed by atoms with Crippen LogP contribution in [-0.4, -0.2) is 55.2 Å². The van der Waals surface area contributed by atoms with Gasteiger partial charge in [-0.3, -0.25) is 0 Å². The number of aliphatic hydroxyl groups excluding tert-OH is 1. The molecule has 1 atom stereocenters. The van der Waals surface area contributed by atoms with Crippen LogP contribution in [0, 0.1) is 5.92 Å². The van der Waals surface area contributed by atoms with Crippen molar-refractivity contribution < 1.29 is 5.11 Å². The third kappa shape index (κ3) is 5.70. The van der Waals surface area contributed by atoms with Gasteiger partial charge in [0.25, 0.3) is 0 Å². The Bertz CT molecular complexity index is 415. The van der Waals surface area contributed by atoms with Crippen LogP contribution in [0.5, 0.6) is 0 Å². The van der Waals surface area contributed by atoms with Crippen LogP contribution in [0.3, 0.4) is 0 Å². The SMILES string of the molecule is CN1CCC(CN(C)CCC(O)c2ccc(Br)cc2)CC1. The van der Waals surface area contributed by atoms with Crippen LogP contribution in [-0.2, 0) is 0 Å². The van der Waals surface area contributed by atoms with E-state index in [9.17, 15) is 5.11 Å². The lowest BCUT2D eigenvalue weighted by atomic mass is 9.96. The first-order valence-corrected chi connectivity index (χ1v) is 8.64. The second-order valence-corrected chi connectivity index (χ2v) is 7.28. The highest BCUT2D eigenvalue weighted by atomic mass is 79.9. The van der Waals surface area contributed by atoms with Crippen molar-refractivity contribution in [2.75, 3.05) is 40.3 Å². The fourth-order valence-electron chi connectivity index (χ4n) is 2.97. The van der Waals surface area contributed by atoms with Crippen molar-refractivity contribution in [2.45, 2.75) is 25.4 Å². The molecule has 1 aromatic rings. The minimum Gasteiger partial charge on any atom is -0.388 e. The first-order chi connectivity index (χ1) is 10.0. The number of hydrogen-bond acceptors (Lipinski definition) is 3. The fourth-order valence-corrected chi connectivity index (χ4v) is 3.24. The Labute approximate surface area is 137 Å². The van der Waals surface area contributed by atoms with Gasteiger partial charge < -0.3 is 14.9 Å². The number of aliphatic hydroxyl groups is 1. The van der Waals surface area contributed by atoms with Crippen molar-refractivity contribution in [3.8, 4) is 0 Å². The van der Waals surface area contributed by atoms with E-state index in [0.717, 1.165) is 35.5 Å². The molecule has 1 saturated heterocycles. The summed E-state index contributed by atoms with van der Waals surface area (Å²) in [4.78, 5) is 4.78. The van der Waals surface area contributed by atoms with Gasteiger partial charge in [-0.2, -0.15) is 0 Å². The molecule has 0 bridgehead atoms. The van der Waals surface area contributed by atoms with E-state index < -0.39 is 0 Å². The molecule has 4 heteroatoms. The molecule has 1 aromatic carbocycles. The first kappa shape index (κ1) is 16.9. The zero-order chi connectivity index (χ0) is 15.2. The van der Waals surface area contributed by atoms with E-state index >= 15 is 0 Å². The largest absolute Gasteiger partial charge is 0.388 e. The number of piperidine rings is 1. The first-order valence-electron chi connectivity index (χ1n) is 7.85. The third-order valence-electron chi connectivity index (χ3n) is 4.45. The standard InChI is InChI=1S/C17H27BrN2O/c1-19-10-7-14(8-11-19)13-20(2)12-9-17(21)15-3-5-16(18)6-4-15/h3-6,14,17,21H,7-13H2,1-2H3. The summed E-state index contributed by atoms with van der Waals surface area (Å²) in [6.07, 6.45) is 3.04. The molecule has 0 aromatic heterocycles. The minimum atomic E-state index is -0.363. The summed E-state index contributed by atoms with van der Waals surface area (Å²) in [6.45, 7) is 4.55. The van der Waals surface area contributed by atoms with E-state index in [-0.39, 0.29) is 6.10 Å². The molecule has 1 unspecified atom stereocenters. The van der Waals surface area contributed by atoms with Gasteiger partial charge in [0, 0.05) is 17.6 Å². The van der Waals surface area contributed by atoms with E-state index in [1.54, 1.807) is 0 Å². The van der Waals surface area contributed by atoms with Gasteiger partial charge in [0.15, 0.2) is 0 Å². The lowest BCUT2D eigenvalue weighted by Gasteiger charge is -2.31. The molecule has 1 heterocycles. The lowest BCUT2D eigenvalue weighted by molar-refractivity contribution is 0.133. The molecule has 0 amide bonds. The molecule has 21 heavy (non-hydrogen) atoms. The Hall–Kier alpha value is -0.420. The molecule has 0 radical (unpaired) electrons. The number of rotatable bonds is 6. The predicted molar refractivity (Wildman–Crippen MR) is 91.4 cm³/mol. The van der Waals surface area contributed by atoms with Gasteiger partial charge >= 0.3 is 0 Å². The van der Waals surface area contributed by atoms with Crippen molar-refractivity contribution in [3.05, 3.63) is 34.3 Å². The monoisotopic (exact) mass is 354 g/mol. The van der Waals surface area contributed by atoms with Gasteiger partial charge in [0.1, 0.15) is 0 Å². The summed E-state index contributed by atoms with van der Waals surface area (Å²) in [6, 6.07) is 7.96. The molecule has 0 saturated carbocycles. The molecule has 0 aliphatic carbocycles. The van der Waals surface area contributed by atoms with Crippen molar-refractivity contribution in [3.63, 3.8) is 0 Å². The van der Waals surface area contributed by atoms with E-state index in [0.29, 0.717) is 0 Å². The second kappa shape index (κ2) is 8.28. The number of hydrogen-bond donors (Lipinski definition) is 1. The van der Waals surface area contributed by atoms with Gasteiger partial charge in [-0.15, -0.1) is 0 Å². The fraction of sp³-hybridized carbons (Fsp3) is 0.647. The Kier molecular flexibility index (Phi) is 6.68. The molecule has 0 spiro atoms. The summed E-state index contributed by atoms with van der Waals surface area (Å²) >= 11 is 3.42. The highest BCUT2D eigenvalue weighted by molar-refractivity contribution is 9.10. The van der Waals surface area contributed by atoms with Gasteiger partial charge in [-0.05, 0) is 70.1 Å². The van der Waals surface area contributed by atoms with Crippen LogP contribution < -0.4 is 0 Å². The van der Waals surface area contributed by atoms with Crippen molar-refractivity contribution in [2.24, 2.45) is 5.92 Å². The lowest BCUT2D eigenvalue weighted by Crippen LogP contribution is -2.36.